The van der Waals surface area contributed by atoms with Crippen LogP contribution in [0, 0.1) is 5.92 Å². The molecule has 0 fully saturated rings. The third kappa shape index (κ3) is 5.71. The van der Waals surface area contributed by atoms with Crippen LogP contribution in [0.3, 0.4) is 0 Å². The number of carbonyl (C=O) groups excluding carboxylic acids is 1. The summed E-state index contributed by atoms with van der Waals surface area (Å²) in [5, 5.41) is 5.91. The zero-order valence-corrected chi connectivity index (χ0v) is 14.0. The molecule has 0 saturated heterocycles. The molecule has 2 aromatic rings. The van der Waals surface area contributed by atoms with Crippen LogP contribution >= 0.6 is 12.2 Å². The summed E-state index contributed by atoms with van der Waals surface area (Å²) in [6, 6.07) is 17.4. The predicted octanol–water partition coefficient (Wildman–Crippen LogP) is 3.73. The molecule has 0 aliphatic carbocycles. The molecule has 1 amide bonds. The van der Waals surface area contributed by atoms with Crippen LogP contribution in [0.1, 0.15) is 19.4 Å². The molecule has 2 N–H and O–H groups in total. The molecule has 5 heteroatoms. The summed E-state index contributed by atoms with van der Waals surface area (Å²) in [4.78, 5) is 11.6. The summed E-state index contributed by atoms with van der Waals surface area (Å²) >= 11 is 5.13. The largest absolute Gasteiger partial charge is 0.489 e. The van der Waals surface area contributed by atoms with Crippen LogP contribution in [0.25, 0.3) is 0 Å². The van der Waals surface area contributed by atoms with Crippen LogP contribution in [0.2, 0.25) is 0 Å². The van der Waals surface area contributed by atoms with Gasteiger partial charge < -0.3 is 15.4 Å². The molecule has 0 saturated carbocycles. The normalized spacial score (nSPS) is 10.2. The minimum Gasteiger partial charge on any atom is -0.489 e. The lowest BCUT2D eigenvalue weighted by Crippen LogP contribution is -2.36. The molecular formula is C18H20N2O2S. The average molecular weight is 328 g/mol. The zero-order valence-electron chi connectivity index (χ0n) is 13.2. The third-order valence-corrected chi connectivity index (χ3v) is 3.31. The van der Waals surface area contributed by atoms with Gasteiger partial charge in [-0.15, -0.1) is 0 Å². The summed E-state index contributed by atoms with van der Waals surface area (Å²) in [6.07, 6.45) is 0. The van der Waals surface area contributed by atoms with Gasteiger partial charge >= 0.3 is 0 Å². The Hall–Kier alpha value is -2.40. The quantitative estimate of drug-likeness (QED) is 0.821. The van der Waals surface area contributed by atoms with Gasteiger partial charge in [-0.05, 0) is 29.9 Å². The molecule has 23 heavy (non-hydrogen) atoms. The number of thiocarbonyl (C=S) groups is 1. The molecule has 0 spiro atoms. The highest BCUT2D eigenvalue weighted by Crippen LogP contribution is 2.18. The lowest BCUT2D eigenvalue weighted by atomic mass is 10.2. The third-order valence-electron chi connectivity index (χ3n) is 3.10. The monoisotopic (exact) mass is 328 g/mol. The maximum absolute atomic E-state index is 11.6. The molecule has 120 valence electrons. The highest BCUT2D eigenvalue weighted by atomic mass is 32.1. The van der Waals surface area contributed by atoms with E-state index in [1.165, 1.54) is 0 Å². The number of benzene rings is 2. The lowest BCUT2D eigenvalue weighted by molar-refractivity contribution is -0.122. The van der Waals surface area contributed by atoms with Gasteiger partial charge in [-0.1, -0.05) is 50.2 Å². The van der Waals surface area contributed by atoms with Gasteiger partial charge in [0.25, 0.3) is 0 Å². The number of ether oxygens (including phenoxy) is 1. The van der Waals surface area contributed by atoms with Gasteiger partial charge in [0.1, 0.15) is 12.4 Å². The van der Waals surface area contributed by atoms with E-state index >= 15 is 0 Å². The first kappa shape index (κ1) is 17.0. The van der Waals surface area contributed by atoms with E-state index in [1.54, 1.807) is 0 Å². The molecule has 0 atom stereocenters. The van der Waals surface area contributed by atoms with E-state index in [4.69, 9.17) is 17.0 Å². The number of hydrogen-bond donors (Lipinski definition) is 2. The van der Waals surface area contributed by atoms with Crippen LogP contribution in [-0.4, -0.2) is 11.0 Å². The molecule has 0 heterocycles. The van der Waals surface area contributed by atoms with Gasteiger partial charge in [0.2, 0.25) is 5.91 Å². The molecule has 0 unspecified atom stereocenters. The first-order chi connectivity index (χ1) is 11.0. The van der Waals surface area contributed by atoms with Crippen LogP contribution in [0.15, 0.2) is 54.6 Å². The molecule has 0 radical (unpaired) electrons. The number of hydrogen-bond acceptors (Lipinski definition) is 3. The molecule has 0 aromatic heterocycles. The second-order valence-electron chi connectivity index (χ2n) is 5.40. The molecule has 0 aliphatic heterocycles. The standard InChI is InChI=1S/C18H20N2O2S/c1-13(2)17(21)20-18(23)19-15-9-6-10-16(11-15)22-12-14-7-4-3-5-8-14/h3-11,13H,12H2,1-2H3,(H2,19,20,21,23). The number of nitrogens with one attached hydrogen (secondary N) is 2. The minimum absolute atomic E-state index is 0.112. The fourth-order valence-electron chi connectivity index (χ4n) is 1.82. The molecule has 2 rings (SSSR count). The summed E-state index contributed by atoms with van der Waals surface area (Å²) in [7, 11) is 0. The van der Waals surface area contributed by atoms with E-state index in [-0.39, 0.29) is 16.9 Å². The Kier molecular flexibility index (Phi) is 6.11. The van der Waals surface area contributed by atoms with Crippen LogP contribution < -0.4 is 15.4 Å². The first-order valence-corrected chi connectivity index (χ1v) is 7.84. The van der Waals surface area contributed by atoms with E-state index in [0.29, 0.717) is 6.61 Å². The van der Waals surface area contributed by atoms with Crippen molar-refractivity contribution in [1.29, 1.82) is 0 Å². The second kappa shape index (κ2) is 8.29. The maximum Gasteiger partial charge on any atom is 0.228 e. The van der Waals surface area contributed by atoms with Crippen molar-refractivity contribution in [2.45, 2.75) is 20.5 Å². The number of rotatable bonds is 5. The van der Waals surface area contributed by atoms with E-state index in [1.807, 2.05) is 68.4 Å². The van der Waals surface area contributed by atoms with E-state index in [9.17, 15) is 4.79 Å². The van der Waals surface area contributed by atoms with Gasteiger partial charge in [-0.25, -0.2) is 0 Å². The second-order valence-corrected chi connectivity index (χ2v) is 5.81. The smallest absolute Gasteiger partial charge is 0.228 e. The number of anilines is 1. The van der Waals surface area contributed by atoms with Crippen molar-refractivity contribution < 1.29 is 9.53 Å². The Morgan fingerprint density at radius 3 is 2.57 bits per heavy atom. The van der Waals surface area contributed by atoms with Crippen molar-refractivity contribution in [2.24, 2.45) is 5.92 Å². The van der Waals surface area contributed by atoms with Crippen molar-refractivity contribution >= 4 is 28.9 Å². The average Bonchev–Trinajstić information content (AvgIpc) is 2.54. The van der Waals surface area contributed by atoms with Crippen molar-refractivity contribution in [3.8, 4) is 5.75 Å². The van der Waals surface area contributed by atoms with Crippen molar-refractivity contribution in [3.63, 3.8) is 0 Å². The zero-order chi connectivity index (χ0) is 16.7. The van der Waals surface area contributed by atoms with Gasteiger partial charge in [-0.3, -0.25) is 4.79 Å². The summed E-state index contributed by atoms with van der Waals surface area (Å²) in [5.41, 5.74) is 1.87. The van der Waals surface area contributed by atoms with Crippen molar-refractivity contribution in [3.05, 3.63) is 60.2 Å². The van der Waals surface area contributed by atoms with Gasteiger partial charge in [-0.2, -0.15) is 0 Å². The summed E-state index contributed by atoms with van der Waals surface area (Å²) in [6.45, 7) is 4.13. The van der Waals surface area contributed by atoms with Gasteiger partial charge in [0, 0.05) is 17.7 Å². The fraction of sp³-hybridized carbons (Fsp3) is 0.222. The van der Waals surface area contributed by atoms with Crippen LogP contribution in [-0.2, 0) is 11.4 Å². The molecule has 0 bridgehead atoms. The minimum atomic E-state index is -0.115. The molecule has 2 aromatic carbocycles. The molecular weight excluding hydrogens is 308 g/mol. The van der Waals surface area contributed by atoms with Gasteiger partial charge in [0.05, 0.1) is 0 Å². The van der Waals surface area contributed by atoms with Crippen LogP contribution in [0.4, 0.5) is 5.69 Å². The van der Waals surface area contributed by atoms with Crippen molar-refractivity contribution in [2.75, 3.05) is 5.32 Å². The Labute approximate surface area is 141 Å². The number of amides is 1. The highest BCUT2D eigenvalue weighted by molar-refractivity contribution is 7.80. The van der Waals surface area contributed by atoms with Crippen LogP contribution in [0.5, 0.6) is 5.75 Å². The molecule has 4 nitrogen and oxygen atoms in total. The lowest BCUT2D eigenvalue weighted by Gasteiger charge is -2.12. The summed E-state index contributed by atoms with van der Waals surface area (Å²) < 4.78 is 5.76. The Balaban J connectivity index is 1.91. The highest BCUT2D eigenvalue weighted by Gasteiger charge is 2.09. The Morgan fingerprint density at radius 1 is 1.13 bits per heavy atom. The summed E-state index contributed by atoms with van der Waals surface area (Å²) in [5.74, 6) is 0.506. The topological polar surface area (TPSA) is 50.4 Å². The Morgan fingerprint density at radius 2 is 1.87 bits per heavy atom. The van der Waals surface area contributed by atoms with E-state index in [2.05, 4.69) is 10.6 Å². The van der Waals surface area contributed by atoms with E-state index < -0.39 is 0 Å². The van der Waals surface area contributed by atoms with Crippen molar-refractivity contribution in [1.82, 2.24) is 5.32 Å². The Bertz CT molecular complexity index is 672. The first-order valence-electron chi connectivity index (χ1n) is 7.43. The number of carbonyl (C=O) groups is 1. The van der Waals surface area contributed by atoms with E-state index in [0.717, 1.165) is 17.0 Å². The maximum atomic E-state index is 11.6. The predicted molar refractivity (Wildman–Crippen MR) is 96.4 cm³/mol. The molecule has 0 aliphatic rings. The van der Waals surface area contributed by atoms with Gasteiger partial charge in [0.15, 0.2) is 5.11 Å². The fourth-order valence-corrected chi connectivity index (χ4v) is 2.04. The SMILES string of the molecule is CC(C)C(=O)NC(=S)Nc1cccc(OCc2ccccc2)c1.